The molecule has 0 atom stereocenters. The topological polar surface area (TPSA) is 14.2 Å². The van der Waals surface area contributed by atoms with Crippen LogP contribution in [-0.4, -0.2) is 9.13 Å². The smallest absolute Gasteiger partial charge is 0.310 e. The molecule has 10 aromatic carbocycles. The number of fused-ring (bicyclic) bond motifs is 6. The molecule has 0 N–H and O–H groups in total. The fraction of sp³-hybridized carbons (Fsp3) is 0.0758. The molecule has 72 heavy (non-hydrogen) atoms. The Morgan fingerprint density at radius 2 is 0.708 bits per heavy atom. The van der Waals surface area contributed by atoms with E-state index in [1.807, 2.05) is 60.7 Å². The second-order valence-electron chi connectivity index (χ2n) is 18.9. The maximum Gasteiger partial charge on any atom is 0.416 e. The summed E-state index contributed by atoms with van der Waals surface area (Å²) < 4.78 is 49.9. The van der Waals surface area contributed by atoms with Crippen LogP contribution < -0.4 is 0 Å². The molecule has 0 radical (unpaired) electrons. The second kappa shape index (κ2) is 17.2. The maximum atomic E-state index is 15.2. The lowest BCUT2D eigenvalue weighted by molar-refractivity contribution is -0.137. The zero-order chi connectivity index (χ0) is 49.4. The normalized spacial score (nSPS) is 11.8. The van der Waals surface area contributed by atoms with Gasteiger partial charge in [-0.25, -0.2) is 4.85 Å². The van der Waals surface area contributed by atoms with Crippen LogP contribution in [0.1, 0.15) is 27.8 Å². The van der Waals surface area contributed by atoms with Crippen molar-refractivity contribution in [2.45, 2.75) is 33.9 Å². The van der Waals surface area contributed by atoms with Crippen molar-refractivity contribution in [3.63, 3.8) is 0 Å². The van der Waals surface area contributed by atoms with E-state index in [1.165, 1.54) is 12.1 Å². The first-order valence-electron chi connectivity index (χ1n) is 24.1. The first-order valence-corrected chi connectivity index (χ1v) is 24.1. The summed E-state index contributed by atoms with van der Waals surface area (Å²) in [6, 6.07) is 68.4. The molecule has 3 nitrogen and oxygen atoms in total. The van der Waals surface area contributed by atoms with Crippen LogP contribution in [0, 0.1) is 34.3 Å². The number of alkyl halides is 3. The third-order valence-electron chi connectivity index (χ3n) is 14.6. The average molecular weight is 938 g/mol. The van der Waals surface area contributed by atoms with Gasteiger partial charge in [-0.2, -0.15) is 13.2 Å². The van der Waals surface area contributed by atoms with Gasteiger partial charge in [0.15, 0.2) is 5.69 Å². The van der Waals surface area contributed by atoms with Crippen molar-refractivity contribution in [1.29, 1.82) is 0 Å². The molecule has 2 heterocycles. The van der Waals surface area contributed by atoms with E-state index < -0.39 is 11.7 Å². The molecule has 0 unspecified atom stereocenters. The molecule has 0 fully saturated rings. The molecule has 6 heteroatoms. The second-order valence-corrected chi connectivity index (χ2v) is 18.9. The standard InChI is InChI=1S/C66H46F3N3/c1-40-14-6-10-18-50(40)44-22-29-60-55(34-44)56-35-45(51-19-11-7-15-41(51)2)23-30-61(56)71(60)64-33-26-48(66(67,68)69)38-59(64)54-28-27-49(70-5)39-65(54)72-62-31-24-46(52-20-12-8-16-42(52)3)36-57(62)58-37-47(25-32-63(58)72)53-21-13-9-17-43(53)4/h6-39H,1-4H3. The van der Waals surface area contributed by atoms with Crippen LogP contribution in [0.3, 0.4) is 0 Å². The Labute approximate surface area is 416 Å². The zero-order valence-electron chi connectivity index (χ0n) is 40.1. The lowest BCUT2D eigenvalue weighted by Crippen LogP contribution is -2.08. The van der Waals surface area contributed by atoms with Gasteiger partial charge in [0.1, 0.15) is 0 Å². The summed E-state index contributed by atoms with van der Waals surface area (Å²) in [5.41, 5.74) is 18.4. The highest BCUT2D eigenvalue weighted by Gasteiger charge is 2.32. The molecule has 0 saturated heterocycles. The minimum Gasteiger partial charge on any atom is -0.310 e. The molecule has 346 valence electrons. The molecule has 12 rings (SSSR count). The van der Waals surface area contributed by atoms with Crippen molar-refractivity contribution in [3.05, 3.63) is 245 Å². The van der Waals surface area contributed by atoms with E-state index >= 15 is 13.2 Å². The van der Waals surface area contributed by atoms with E-state index in [0.29, 0.717) is 28.2 Å². The lowest BCUT2D eigenvalue weighted by atomic mass is 9.97. The number of rotatable bonds is 7. The van der Waals surface area contributed by atoms with Gasteiger partial charge in [-0.3, -0.25) is 0 Å². The third-order valence-corrected chi connectivity index (χ3v) is 14.6. The molecule has 0 bridgehead atoms. The summed E-state index contributed by atoms with van der Waals surface area (Å²) in [7, 11) is 0. The minimum atomic E-state index is -4.64. The van der Waals surface area contributed by atoms with Crippen molar-refractivity contribution in [2.24, 2.45) is 0 Å². The molecule has 0 aliphatic rings. The van der Waals surface area contributed by atoms with Crippen LogP contribution in [-0.2, 0) is 6.18 Å². The van der Waals surface area contributed by atoms with Crippen molar-refractivity contribution >= 4 is 49.3 Å². The Balaban J connectivity index is 1.16. The van der Waals surface area contributed by atoms with Crippen LogP contribution in [0.25, 0.3) is 115 Å². The molecule has 12 aromatic rings. The van der Waals surface area contributed by atoms with E-state index in [4.69, 9.17) is 6.57 Å². The predicted molar refractivity (Wildman–Crippen MR) is 293 cm³/mol. The van der Waals surface area contributed by atoms with E-state index in [9.17, 15) is 0 Å². The van der Waals surface area contributed by atoms with Gasteiger partial charge < -0.3 is 9.13 Å². The van der Waals surface area contributed by atoms with Gasteiger partial charge in [-0.1, -0.05) is 133 Å². The highest BCUT2D eigenvalue weighted by atomic mass is 19.4. The summed E-state index contributed by atoms with van der Waals surface area (Å²) in [5.74, 6) is 0. The summed E-state index contributed by atoms with van der Waals surface area (Å²) in [4.78, 5) is 3.90. The van der Waals surface area contributed by atoms with Crippen molar-refractivity contribution in [1.82, 2.24) is 9.13 Å². The molecule has 0 spiro atoms. The minimum absolute atomic E-state index is 0.370. The number of aromatic nitrogens is 2. The fourth-order valence-electron chi connectivity index (χ4n) is 10.9. The number of hydrogen-bond donors (Lipinski definition) is 0. The number of benzene rings is 10. The number of hydrogen-bond acceptors (Lipinski definition) is 0. The van der Waals surface area contributed by atoms with E-state index in [0.717, 1.165) is 110 Å². The highest BCUT2D eigenvalue weighted by molar-refractivity contribution is 6.14. The van der Waals surface area contributed by atoms with Gasteiger partial charge >= 0.3 is 6.18 Å². The zero-order valence-corrected chi connectivity index (χ0v) is 40.1. The monoisotopic (exact) mass is 937 g/mol. The molecular weight excluding hydrogens is 892 g/mol. The van der Waals surface area contributed by atoms with Gasteiger partial charge in [0.05, 0.1) is 39.9 Å². The molecule has 0 amide bonds. The molecule has 0 saturated carbocycles. The molecule has 0 aliphatic carbocycles. The Kier molecular flexibility index (Phi) is 10.6. The number of halogens is 3. The van der Waals surface area contributed by atoms with Crippen molar-refractivity contribution < 1.29 is 13.2 Å². The van der Waals surface area contributed by atoms with Crippen LogP contribution in [0.2, 0.25) is 0 Å². The van der Waals surface area contributed by atoms with Crippen LogP contribution >= 0.6 is 0 Å². The third kappa shape index (κ3) is 7.36. The van der Waals surface area contributed by atoms with E-state index in [2.05, 4.69) is 163 Å². The van der Waals surface area contributed by atoms with E-state index in [-0.39, 0.29) is 0 Å². The van der Waals surface area contributed by atoms with Crippen LogP contribution in [0.15, 0.2) is 206 Å². The lowest BCUT2D eigenvalue weighted by Gasteiger charge is -2.21. The SMILES string of the molecule is [C-]#[N+]c1ccc(-c2cc(C(F)(F)F)ccc2-n2c3ccc(-c4ccccc4C)cc3c3cc(-c4ccccc4C)ccc32)c(-n2c3ccc(-c4ccccc4C)cc3c3cc(-c4ccccc4C)ccc32)c1. The average Bonchev–Trinajstić information content (AvgIpc) is 3.89. The molecule has 0 aliphatic heterocycles. The van der Waals surface area contributed by atoms with Crippen LogP contribution in [0.4, 0.5) is 18.9 Å². The largest absolute Gasteiger partial charge is 0.416 e. The first kappa shape index (κ1) is 44.3. The number of nitrogens with zero attached hydrogens (tertiary/aromatic N) is 3. The van der Waals surface area contributed by atoms with Crippen molar-refractivity contribution in [2.75, 3.05) is 0 Å². The Bertz CT molecular complexity index is 4010. The highest BCUT2D eigenvalue weighted by Crippen LogP contribution is 2.46. The Morgan fingerprint density at radius 1 is 0.347 bits per heavy atom. The quantitative estimate of drug-likeness (QED) is 0.141. The summed E-state index contributed by atoms with van der Waals surface area (Å²) in [5, 5.41) is 3.93. The van der Waals surface area contributed by atoms with Crippen LogP contribution in [0.5, 0.6) is 0 Å². The van der Waals surface area contributed by atoms with Gasteiger partial charge in [-0.05, 0) is 167 Å². The van der Waals surface area contributed by atoms with Gasteiger partial charge in [0, 0.05) is 38.4 Å². The summed E-state index contributed by atoms with van der Waals surface area (Å²) >= 11 is 0. The molecule has 2 aromatic heterocycles. The molecular formula is C66H46F3N3. The Hall–Kier alpha value is -8.92. The van der Waals surface area contributed by atoms with Crippen molar-refractivity contribution in [3.8, 4) is 67.0 Å². The van der Waals surface area contributed by atoms with E-state index in [1.54, 1.807) is 12.1 Å². The predicted octanol–water partition coefficient (Wildman–Crippen LogP) is 19.0. The summed E-state index contributed by atoms with van der Waals surface area (Å²) in [6.45, 7) is 16.7. The first-order chi connectivity index (χ1) is 34.9. The Morgan fingerprint density at radius 3 is 1.06 bits per heavy atom. The maximum absolute atomic E-state index is 15.2. The van der Waals surface area contributed by atoms with Gasteiger partial charge in [-0.15, -0.1) is 0 Å². The summed E-state index contributed by atoms with van der Waals surface area (Å²) in [6.07, 6.45) is -4.64. The number of aryl methyl sites for hydroxylation is 4. The fourth-order valence-corrected chi connectivity index (χ4v) is 10.9. The van der Waals surface area contributed by atoms with Gasteiger partial charge in [0.2, 0.25) is 0 Å². The van der Waals surface area contributed by atoms with Gasteiger partial charge in [0.25, 0.3) is 0 Å².